The summed E-state index contributed by atoms with van der Waals surface area (Å²) in [5.74, 6) is -1.34. The molecule has 2 N–H and O–H groups in total. The van der Waals surface area contributed by atoms with Crippen LogP contribution in [0, 0.1) is 5.41 Å². The Morgan fingerprint density at radius 2 is 1.81 bits per heavy atom. The maximum absolute atomic E-state index is 13.2. The zero-order valence-electron chi connectivity index (χ0n) is 16.4. The minimum absolute atomic E-state index is 0.149. The number of ether oxygens (including phenoxy) is 1. The predicted octanol–water partition coefficient (Wildman–Crippen LogP) is 1.61. The second-order valence-corrected chi connectivity index (χ2v) is 7.98. The number of nitrogens with zero attached hydrogens (tertiary/aromatic N) is 2. The third-order valence-corrected chi connectivity index (χ3v) is 4.87. The Hall–Kier alpha value is -2.51. The van der Waals surface area contributed by atoms with Gasteiger partial charge in [-0.05, 0) is 18.3 Å². The number of nitrogens with one attached hydrogen (secondary N) is 2. The van der Waals surface area contributed by atoms with Crippen LogP contribution < -0.4 is 10.6 Å². The summed E-state index contributed by atoms with van der Waals surface area (Å²) in [7, 11) is 1.29. The summed E-state index contributed by atoms with van der Waals surface area (Å²) < 4.78 is 4.85. The molecule has 1 aliphatic rings. The molecule has 0 unspecified atom stereocenters. The van der Waals surface area contributed by atoms with Crippen LogP contribution in [0.1, 0.15) is 63.4 Å². The summed E-state index contributed by atoms with van der Waals surface area (Å²) in [4.78, 5) is 45.9. The van der Waals surface area contributed by atoms with Gasteiger partial charge >= 0.3 is 5.97 Å². The third-order valence-electron chi connectivity index (χ3n) is 4.87. The molecule has 1 aliphatic carbocycles. The van der Waals surface area contributed by atoms with Crippen LogP contribution >= 0.6 is 0 Å². The first-order valence-electron chi connectivity index (χ1n) is 9.17. The van der Waals surface area contributed by atoms with Crippen molar-refractivity contribution in [2.24, 2.45) is 5.41 Å². The van der Waals surface area contributed by atoms with Crippen molar-refractivity contribution >= 4 is 17.8 Å². The van der Waals surface area contributed by atoms with Gasteiger partial charge in [0.1, 0.15) is 17.3 Å². The molecule has 0 radical (unpaired) electrons. The first-order chi connectivity index (χ1) is 12.7. The van der Waals surface area contributed by atoms with Gasteiger partial charge < -0.3 is 15.4 Å². The number of hydrogen-bond donors (Lipinski definition) is 2. The maximum Gasteiger partial charge on any atom is 0.328 e. The fraction of sp³-hybridized carbons (Fsp3) is 0.632. The molecular weight excluding hydrogens is 348 g/mol. The van der Waals surface area contributed by atoms with Crippen molar-refractivity contribution in [2.45, 2.75) is 64.5 Å². The Labute approximate surface area is 159 Å². The smallest absolute Gasteiger partial charge is 0.328 e. The molecule has 8 nitrogen and oxygen atoms in total. The number of aromatic nitrogens is 2. The minimum Gasteiger partial charge on any atom is -0.467 e. The van der Waals surface area contributed by atoms with Gasteiger partial charge in [0.15, 0.2) is 0 Å². The van der Waals surface area contributed by atoms with Gasteiger partial charge in [0, 0.05) is 12.4 Å². The van der Waals surface area contributed by atoms with Crippen LogP contribution in [0.25, 0.3) is 0 Å². The second-order valence-electron chi connectivity index (χ2n) is 7.98. The average molecular weight is 376 g/mol. The molecule has 27 heavy (non-hydrogen) atoms. The summed E-state index contributed by atoms with van der Waals surface area (Å²) >= 11 is 0. The molecule has 1 heterocycles. The number of amides is 2. The average Bonchev–Trinajstić information content (AvgIpc) is 2.65. The van der Waals surface area contributed by atoms with E-state index >= 15 is 0 Å². The number of carbonyl (C=O) groups is 3. The highest BCUT2D eigenvalue weighted by atomic mass is 16.5. The van der Waals surface area contributed by atoms with Gasteiger partial charge in [-0.3, -0.25) is 14.6 Å². The van der Waals surface area contributed by atoms with Crippen LogP contribution in [0.2, 0.25) is 0 Å². The Bertz CT molecular complexity index is 679. The quantitative estimate of drug-likeness (QED) is 0.756. The van der Waals surface area contributed by atoms with Crippen molar-refractivity contribution in [2.75, 3.05) is 7.11 Å². The zero-order chi connectivity index (χ0) is 20.1. The zero-order valence-corrected chi connectivity index (χ0v) is 16.4. The molecular formula is C19H28N4O4. The lowest BCUT2D eigenvalue weighted by molar-refractivity contribution is -0.149. The minimum atomic E-state index is -1.08. The predicted molar refractivity (Wildman–Crippen MR) is 98.7 cm³/mol. The Morgan fingerprint density at radius 3 is 2.33 bits per heavy atom. The summed E-state index contributed by atoms with van der Waals surface area (Å²) in [6.07, 6.45) is 7.89. The highest BCUT2D eigenvalue weighted by molar-refractivity contribution is 5.99. The van der Waals surface area contributed by atoms with Gasteiger partial charge in [-0.2, -0.15) is 0 Å². The standard InChI is InChI=1S/C19H28N4O4/c1-18(2,3)14(16(25)27-4)22-17(26)19(8-6-5-7-9-19)23-15(24)13-12-20-10-11-21-13/h10-12,14H,5-9H2,1-4H3,(H,22,26)(H,23,24)/t14-/m1/s1. The molecule has 1 atom stereocenters. The summed E-state index contributed by atoms with van der Waals surface area (Å²) in [5, 5.41) is 5.67. The Morgan fingerprint density at radius 1 is 1.15 bits per heavy atom. The maximum atomic E-state index is 13.2. The largest absolute Gasteiger partial charge is 0.467 e. The summed E-state index contributed by atoms with van der Waals surface area (Å²) in [6, 6.07) is -0.817. The molecule has 0 spiro atoms. The van der Waals surface area contributed by atoms with E-state index in [9.17, 15) is 14.4 Å². The molecule has 0 bridgehead atoms. The summed E-state index contributed by atoms with van der Waals surface area (Å²) in [6.45, 7) is 5.54. The van der Waals surface area contributed by atoms with Gasteiger partial charge in [-0.1, -0.05) is 40.0 Å². The first-order valence-corrected chi connectivity index (χ1v) is 9.17. The van der Waals surface area contributed by atoms with Crippen molar-refractivity contribution in [1.29, 1.82) is 0 Å². The first kappa shape index (κ1) is 20.8. The van der Waals surface area contributed by atoms with Crippen LogP contribution in [0.15, 0.2) is 18.6 Å². The topological polar surface area (TPSA) is 110 Å². The molecule has 8 heteroatoms. The Kier molecular flexibility index (Phi) is 6.51. The lowest BCUT2D eigenvalue weighted by Gasteiger charge is -2.39. The van der Waals surface area contributed by atoms with Crippen molar-refractivity contribution in [1.82, 2.24) is 20.6 Å². The lowest BCUT2D eigenvalue weighted by Crippen LogP contribution is -2.63. The lowest BCUT2D eigenvalue weighted by atomic mass is 9.79. The van der Waals surface area contributed by atoms with Crippen LogP contribution in [0.5, 0.6) is 0 Å². The fourth-order valence-electron chi connectivity index (χ4n) is 3.28. The van der Waals surface area contributed by atoms with Gasteiger partial charge in [-0.15, -0.1) is 0 Å². The SMILES string of the molecule is COC(=O)[C@@H](NC(=O)C1(NC(=O)c2cnccn2)CCCCC1)C(C)(C)C. The number of carbonyl (C=O) groups excluding carboxylic acids is 3. The van der Waals surface area contributed by atoms with E-state index in [2.05, 4.69) is 20.6 Å². The molecule has 2 amide bonds. The molecule has 1 saturated carbocycles. The van der Waals surface area contributed by atoms with Crippen LogP contribution in [-0.2, 0) is 14.3 Å². The van der Waals surface area contributed by atoms with Crippen LogP contribution in [0.3, 0.4) is 0 Å². The molecule has 0 aromatic carbocycles. The van der Waals surface area contributed by atoms with Crippen LogP contribution in [0.4, 0.5) is 0 Å². The summed E-state index contributed by atoms with van der Waals surface area (Å²) in [5.41, 5.74) is -1.46. The fourth-order valence-corrected chi connectivity index (χ4v) is 3.28. The van der Waals surface area contributed by atoms with E-state index in [4.69, 9.17) is 4.74 Å². The highest BCUT2D eigenvalue weighted by Gasteiger charge is 2.44. The van der Waals surface area contributed by atoms with E-state index in [0.717, 1.165) is 19.3 Å². The molecule has 0 saturated heterocycles. The van der Waals surface area contributed by atoms with E-state index in [1.54, 1.807) is 0 Å². The van der Waals surface area contributed by atoms with E-state index in [-0.39, 0.29) is 11.6 Å². The molecule has 1 aromatic heterocycles. The molecule has 1 fully saturated rings. The monoisotopic (exact) mass is 376 g/mol. The van der Waals surface area contributed by atoms with E-state index in [1.165, 1.54) is 25.7 Å². The van der Waals surface area contributed by atoms with Gasteiger partial charge in [0.25, 0.3) is 5.91 Å². The number of rotatable bonds is 5. The van der Waals surface area contributed by atoms with E-state index in [0.29, 0.717) is 12.8 Å². The second kappa shape index (κ2) is 8.45. The van der Waals surface area contributed by atoms with Gasteiger partial charge in [0.05, 0.1) is 13.3 Å². The Balaban J connectivity index is 2.25. The molecule has 148 valence electrons. The van der Waals surface area contributed by atoms with Crippen molar-refractivity contribution in [3.63, 3.8) is 0 Å². The van der Waals surface area contributed by atoms with Gasteiger partial charge in [0.2, 0.25) is 5.91 Å². The number of methoxy groups -OCH3 is 1. The number of esters is 1. The molecule has 2 rings (SSSR count). The van der Waals surface area contributed by atoms with Crippen LogP contribution in [-0.4, -0.2) is 46.4 Å². The third kappa shape index (κ3) is 5.02. The number of hydrogen-bond acceptors (Lipinski definition) is 6. The van der Waals surface area contributed by atoms with Crippen molar-refractivity contribution in [3.8, 4) is 0 Å². The van der Waals surface area contributed by atoms with Crippen molar-refractivity contribution < 1.29 is 19.1 Å². The van der Waals surface area contributed by atoms with Gasteiger partial charge in [-0.25, -0.2) is 9.78 Å². The van der Waals surface area contributed by atoms with E-state index in [1.807, 2.05) is 20.8 Å². The molecule has 0 aliphatic heterocycles. The molecule has 1 aromatic rings. The normalized spacial score (nSPS) is 17.5. The highest BCUT2D eigenvalue weighted by Crippen LogP contribution is 2.30. The van der Waals surface area contributed by atoms with Crippen molar-refractivity contribution in [3.05, 3.63) is 24.3 Å². The van der Waals surface area contributed by atoms with E-state index < -0.39 is 28.9 Å².